The van der Waals surface area contributed by atoms with E-state index in [0.29, 0.717) is 71.1 Å². The average Bonchev–Trinajstić information content (AvgIpc) is 1.51. The zero-order valence-electron chi connectivity index (χ0n) is 82.8. The molecule has 4 rings (SSSR count). The predicted molar refractivity (Wildman–Crippen MR) is 498 cm³/mol. The Labute approximate surface area is 768 Å². The summed E-state index contributed by atoms with van der Waals surface area (Å²) in [4.78, 5) is 168. The van der Waals surface area contributed by atoms with Crippen molar-refractivity contribution in [3.63, 3.8) is 0 Å². The Hall–Kier alpha value is -8.00. The number of Topliss-reactive ketones (excluding diaryl/α,β-unsaturated/α-hetero) is 1. The Kier molecular flexibility index (Phi) is 53.5. The molecule has 6 amide bonds. The van der Waals surface area contributed by atoms with Crippen molar-refractivity contribution >= 4 is 71.1 Å². The van der Waals surface area contributed by atoms with E-state index in [1.807, 2.05) is 197 Å². The van der Waals surface area contributed by atoms with Crippen molar-refractivity contribution < 1.29 is 101 Å². The topological polar surface area (TPSA) is 368 Å². The number of methoxy groups -OCH3 is 6. The lowest BCUT2D eigenvalue weighted by molar-refractivity contribution is -0.156. The second-order valence-electron chi connectivity index (χ2n) is 38.1. The number of carbonyl (C=O) groups is 12. The molecule has 0 saturated carbocycles. The summed E-state index contributed by atoms with van der Waals surface area (Å²) in [6.07, 6.45) is 4.13. The van der Waals surface area contributed by atoms with Crippen LogP contribution in [0.15, 0.2) is 60.7 Å². The quantitative estimate of drug-likeness (QED) is 0.0353. The van der Waals surface area contributed by atoms with Crippen LogP contribution in [0.4, 0.5) is 0 Å². The molecule has 0 spiro atoms. The second kappa shape index (κ2) is 58.0. The minimum atomic E-state index is -0.903. The molecule has 0 aliphatic carbocycles. The molecule has 2 saturated heterocycles. The van der Waals surface area contributed by atoms with Gasteiger partial charge in [0, 0.05) is 93.6 Å². The maximum atomic E-state index is 14.6. The molecule has 2 aromatic carbocycles. The molecule has 30 heteroatoms. The molecule has 2 aliphatic rings. The molecular formula is C98H169N9O21. The first kappa shape index (κ1) is 118. The summed E-state index contributed by atoms with van der Waals surface area (Å²) in [5.41, 5.74) is 6.94. The molecule has 0 radical (unpaired) electrons. The van der Waals surface area contributed by atoms with E-state index in [1.165, 1.54) is 28.4 Å². The summed E-state index contributed by atoms with van der Waals surface area (Å²) in [7, 11) is 15.9. The monoisotopic (exact) mass is 1810 g/mol. The normalized spacial score (nSPS) is 17.9. The average molecular weight is 1810 g/mol. The molecule has 0 bridgehead atoms. The van der Waals surface area contributed by atoms with Crippen LogP contribution in [0.5, 0.6) is 0 Å². The lowest BCUT2D eigenvalue weighted by Crippen LogP contribution is -2.56. The summed E-state index contributed by atoms with van der Waals surface area (Å²) < 4.78 is 44.4. The number of ketones is 1. The number of benzene rings is 2. The van der Waals surface area contributed by atoms with Crippen molar-refractivity contribution in [1.82, 2.24) is 40.0 Å². The van der Waals surface area contributed by atoms with E-state index in [4.69, 9.17) is 48.7 Å². The molecule has 18 atom stereocenters. The van der Waals surface area contributed by atoms with Gasteiger partial charge < -0.3 is 79.0 Å². The third-order valence-corrected chi connectivity index (χ3v) is 24.7. The highest BCUT2D eigenvalue weighted by Gasteiger charge is 2.47. The van der Waals surface area contributed by atoms with Crippen molar-refractivity contribution in [3.05, 3.63) is 71.8 Å². The number of ether oxygens (including phenoxy) is 8. The number of likely N-dealkylation sites (N-methyl/N-ethyl adjacent to an activating group) is 4. The van der Waals surface area contributed by atoms with Crippen LogP contribution in [0.25, 0.3) is 0 Å². The van der Waals surface area contributed by atoms with Crippen LogP contribution in [0.3, 0.4) is 0 Å². The standard InChI is InChI=1S/C49H82N4O10.C34H56N4O7.C14H27NO4.CH4/c1-16-33(6)44(52(12)47(58)36(31(2)3)29-39(54)43(32(4)5)51(11)26-21-25-42(56)63-49(8,9)10)40(60-13)30-41(55)53-27-20-24-38(53)45(61-14)34(7)46(57)50-37(48(59)62-15)28-35-22-18-17-19-23-35;1-10-22(4)30(37(6)33(41)29(35)21(2)3)27(43-7)20-28(39)38-18-14-17-26(38)31(44-8)23(5)32(40)36-25(34(42)45-9)19-24-15-12-11-13-16-24;1-10(2)12(13(17)18)15(6)9-7-8-11(16)19-14(3,4)5;/h17-19,22-23,31-34,36-38,40,43-45H,16,20-21,24-30H2,1-15H3,(H,50,57);11-13,15-16,21-23,25-27,29-31H,10,14,17-20,35H2,1-9H3,(H,36,40);10,12H,7-9H2,1-6H3,(H,17,18);1H4/t33-,34+,36-,37-,38-,40+,43-,44-,45+;22-,23+,25-,26-,27+,29-,30-,31+;12-;/m000./s1. The number of likely N-dealkylation sites (tertiary alicyclic amines) is 2. The Balaban J connectivity index is 0.00000109. The number of nitrogens with one attached hydrogen (secondary N) is 2. The molecule has 0 aromatic heterocycles. The largest absolute Gasteiger partial charge is 0.480 e. The maximum Gasteiger partial charge on any atom is 0.328 e. The molecule has 5 N–H and O–H groups in total. The number of hydrogen-bond acceptors (Lipinski definition) is 23. The third kappa shape index (κ3) is 38.1. The summed E-state index contributed by atoms with van der Waals surface area (Å²) in [6, 6.07) is 13.8. The highest BCUT2D eigenvalue weighted by molar-refractivity contribution is 5.91. The smallest absolute Gasteiger partial charge is 0.328 e. The first-order valence-electron chi connectivity index (χ1n) is 45.8. The van der Waals surface area contributed by atoms with Gasteiger partial charge in [-0.2, -0.15) is 0 Å². The van der Waals surface area contributed by atoms with E-state index < -0.39 is 114 Å². The summed E-state index contributed by atoms with van der Waals surface area (Å²) in [5.74, 6) is -6.02. The van der Waals surface area contributed by atoms with Crippen LogP contribution in [0, 0.1) is 53.3 Å². The number of hydrogen-bond donors (Lipinski definition) is 4. The van der Waals surface area contributed by atoms with E-state index in [9.17, 15) is 57.5 Å². The summed E-state index contributed by atoms with van der Waals surface area (Å²) in [5, 5.41) is 14.9. The van der Waals surface area contributed by atoms with Gasteiger partial charge in [-0.1, -0.05) is 178 Å². The van der Waals surface area contributed by atoms with Crippen molar-refractivity contribution in [2.45, 2.75) is 332 Å². The van der Waals surface area contributed by atoms with Gasteiger partial charge in [-0.25, -0.2) is 9.59 Å². The molecule has 2 fully saturated rings. The molecule has 2 aromatic rings. The highest BCUT2D eigenvalue weighted by atomic mass is 16.6. The van der Waals surface area contributed by atoms with Crippen LogP contribution in [0.1, 0.15) is 240 Å². The summed E-state index contributed by atoms with van der Waals surface area (Å²) in [6.45, 7) is 40.2. The van der Waals surface area contributed by atoms with Crippen molar-refractivity contribution in [3.8, 4) is 0 Å². The van der Waals surface area contributed by atoms with E-state index in [-0.39, 0.29) is 147 Å². The van der Waals surface area contributed by atoms with Crippen LogP contribution in [-0.4, -0.2) is 293 Å². The van der Waals surface area contributed by atoms with Gasteiger partial charge in [0.25, 0.3) is 0 Å². The minimum Gasteiger partial charge on any atom is -0.480 e. The number of carboxylic acid groups (broad SMARTS) is 1. The van der Waals surface area contributed by atoms with E-state index >= 15 is 0 Å². The fourth-order valence-corrected chi connectivity index (χ4v) is 17.4. The fourth-order valence-electron chi connectivity index (χ4n) is 17.4. The number of nitrogens with two attached hydrogens (primary N) is 1. The number of carbonyl (C=O) groups excluding carboxylic acids is 11. The SMILES string of the molecule is C.CC(C)[C@@H](C(=O)O)N(C)CCCC(=O)OC(C)(C)C.CC[C@H](C)[C@@H]([C@@H](CC(=O)N1CCC[C@H]1[C@H](OC)[C@@H](C)C(=O)N[C@@H](Cc1ccccc1)C(=O)OC)OC)N(C)C(=O)[C@@H](CC(=O)[C@H](C(C)C)N(C)CCCC(=O)OC(C)(C)C)C(C)C.CC[C@H](C)[C@@H]([C@@H](CC(=O)N1CCC[C@H]1[C@H](OC)[C@@H](C)C(=O)N[C@@H](Cc1ccccc1)C(=O)OC)OC)N(C)C(=O)[C@@H](N)C(C)C. The van der Waals surface area contributed by atoms with Crippen LogP contribution in [0.2, 0.25) is 0 Å². The first-order valence-corrected chi connectivity index (χ1v) is 45.8. The Morgan fingerprint density at radius 3 is 1.14 bits per heavy atom. The molecule has 2 aliphatic heterocycles. The van der Waals surface area contributed by atoms with Gasteiger partial charge in [0.1, 0.15) is 29.3 Å². The van der Waals surface area contributed by atoms with Gasteiger partial charge in [-0.3, -0.25) is 57.7 Å². The number of carboxylic acids is 1. The lowest BCUT2D eigenvalue weighted by Gasteiger charge is -2.41. The van der Waals surface area contributed by atoms with Gasteiger partial charge in [-0.05, 0) is 154 Å². The zero-order chi connectivity index (χ0) is 96.8. The molecule has 2 heterocycles. The van der Waals surface area contributed by atoms with Crippen molar-refractivity contribution in [1.29, 1.82) is 0 Å². The van der Waals surface area contributed by atoms with E-state index in [1.54, 1.807) is 73.7 Å². The van der Waals surface area contributed by atoms with Gasteiger partial charge in [0.15, 0.2) is 5.78 Å². The van der Waals surface area contributed by atoms with E-state index in [0.717, 1.165) is 24.0 Å². The summed E-state index contributed by atoms with van der Waals surface area (Å²) >= 11 is 0. The Morgan fingerprint density at radius 1 is 0.492 bits per heavy atom. The molecule has 30 nitrogen and oxygen atoms in total. The zero-order valence-corrected chi connectivity index (χ0v) is 82.8. The third-order valence-electron chi connectivity index (χ3n) is 24.7. The highest BCUT2D eigenvalue weighted by Crippen LogP contribution is 2.34. The number of nitrogens with zero attached hydrogens (tertiary/aromatic N) is 6. The number of amides is 6. The Morgan fingerprint density at radius 2 is 0.844 bits per heavy atom. The van der Waals surface area contributed by atoms with Crippen LogP contribution < -0.4 is 16.4 Å². The first-order chi connectivity index (χ1) is 59.4. The van der Waals surface area contributed by atoms with E-state index in [2.05, 4.69) is 10.6 Å². The van der Waals surface area contributed by atoms with Gasteiger partial charge in [0.2, 0.25) is 35.4 Å². The van der Waals surface area contributed by atoms with Crippen molar-refractivity contribution in [2.24, 2.45) is 59.0 Å². The fraction of sp³-hybridized carbons (Fsp3) is 0.755. The maximum absolute atomic E-state index is 14.6. The van der Waals surface area contributed by atoms with Crippen LogP contribution >= 0.6 is 0 Å². The van der Waals surface area contributed by atoms with Crippen LogP contribution in [-0.2, 0) is 108 Å². The molecule has 128 heavy (non-hydrogen) atoms. The predicted octanol–water partition coefficient (Wildman–Crippen LogP) is 11.7. The molecular weight excluding hydrogens is 1640 g/mol. The lowest BCUT2D eigenvalue weighted by atomic mass is 9.83. The molecule has 732 valence electrons. The molecule has 0 unspecified atom stereocenters. The van der Waals surface area contributed by atoms with Gasteiger partial charge in [-0.15, -0.1) is 0 Å². The second-order valence-corrected chi connectivity index (χ2v) is 38.1. The Bertz CT molecular complexity index is 3690. The van der Waals surface area contributed by atoms with Gasteiger partial charge >= 0.3 is 29.8 Å². The number of rotatable bonds is 50. The minimum absolute atomic E-state index is 0. The number of esters is 4. The number of aliphatic carboxylic acids is 1. The van der Waals surface area contributed by atoms with Crippen molar-refractivity contribution in [2.75, 3.05) is 97.0 Å². The van der Waals surface area contributed by atoms with Gasteiger partial charge in [0.05, 0.1) is 99.6 Å².